The highest BCUT2D eigenvalue weighted by Gasteiger charge is 2.41. The normalized spacial score (nSPS) is 11.5. The van der Waals surface area contributed by atoms with E-state index in [2.05, 4.69) is 21.6 Å². The fourth-order valence-corrected chi connectivity index (χ4v) is 3.00. The summed E-state index contributed by atoms with van der Waals surface area (Å²) in [6.07, 6.45) is 2.94. The maximum atomic E-state index is 14.5. The van der Waals surface area contributed by atoms with Gasteiger partial charge in [0.2, 0.25) is 0 Å². The molecule has 0 atom stereocenters. The van der Waals surface area contributed by atoms with Gasteiger partial charge in [-0.2, -0.15) is 8.78 Å². The first kappa shape index (κ1) is 21.7. The number of hydrogen-bond acceptors (Lipinski definition) is 3. The van der Waals surface area contributed by atoms with Crippen molar-refractivity contribution in [2.24, 2.45) is 0 Å². The van der Waals surface area contributed by atoms with Crippen molar-refractivity contribution < 1.29 is 22.3 Å². The molecule has 0 bridgehead atoms. The number of rotatable bonds is 8. The molecule has 0 amide bonds. The fourth-order valence-electron chi connectivity index (χ4n) is 3.00. The molecule has 0 fully saturated rings. The van der Waals surface area contributed by atoms with Gasteiger partial charge in [-0.05, 0) is 49.6 Å². The zero-order valence-corrected chi connectivity index (χ0v) is 16.8. The van der Waals surface area contributed by atoms with E-state index >= 15 is 0 Å². The Kier molecular flexibility index (Phi) is 6.70. The van der Waals surface area contributed by atoms with Gasteiger partial charge in [-0.1, -0.05) is 37.5 Å². The van der Waals surface area contributed by atoms with Crippen LogP contribution in [0, 0.1) is 18.6 Å². The van der Waals surface area contributed by atoms with Crippen LogP contribution in [0.1, 0.15) is 42.9 Å². The smallest absolute Gasteiger partial charge is 0.429 e. The van der Waals surface area contributed by atoms with Crippen LogP contribution in [0.4, 0.5) is 17.6 Å². The molecule has 3 nitrogen and oxygen atoms in total. The summed E-state index contributed by atoms with van der Waals surface area (Å²) in [4.78, 5) is 8.23. The molecule has 0 saturated heterocycles. The molecule has 0 radical (unpaired) electrons. The van der Waals surface area contributed by atoms with E-state index in [0.29, 0.717) is 0 Å². The Morgan fingerprint density at radius 1 is 0.933 bits per heavy atom. The highest BCUT2D eigenvalue weighted by molar-refractivity contribution is 5.56. The third kappa shape index (κ3) is 5.14. The third-order valence-electron chi connectivity index (χ3n) is 4.63. The molecule has 0 aliphatic rings. The lowest BCUT2D eigenvalue weighted by atomic mass is 10.1. The molecule has 0 spiro atoms. The molecule has 3 rings (SSSR count). The average Bonchev–Trinajstić information content (AvgIpc) is 2.69. The number of alkyl halides is 2. The third-order valence-corrected chi connectivity index (χ3v) is 4.63. The number of nitrogens with zero attached hydrogens (tertiary/aromatic N) is 2. The molecule has 7 heteroatoms. The van der Waals surface area contributed by atoms with Crippen LogP contribution in [-0.4, -0.2) is 9.97 Å². The van der Waals surface area contributed by atoms with Crippen LogP contribution in [0.3, 0.4) is 0 Å². The number of hydrogen-bond donors (Lipinski definition) is 0. The maximum absolute atomic E-state index is 14.5. The van der Waals surface area contributed by atoms with Gasteiger partial charge in [0.1, 0.15) is 22.9 Å². The molecule has 3 aromatic rings. The van der Waals surface area contributed by atoms with Gasteiger partial charge in [0.05, 0.1) is 0 Å². The molecule has 1 heterocycles. The summed E-state index contributed by atoms with van der Waals surface area (Å²) >= 11 is 0. The molecule has 2 aromatic carbocycles. The van der Waals surface area contributed by atoms with Crippen LogP contribution in [0.5, 0.6) is 5.75 Å². The summed E-state index contributed by atoms with van der Waals surface area (Å²) in [5.41, 5.74) is 0.259. The van der Waals surface area contributed by atoms with Gasteiger partial charge in [-0.25, -0.2) is 18.7 Å². The Bertz CT molecular complexity index is 966. The summed E-state index contributed by atoms with van der Waals surface area (Å²) < 4.78 is 62.5. The van der Waals surface area contributed by atoms with E-state index in [9.17, 15) is 17.6 Å². The van der Waals surface area contributed by atoms with Crippen molar-refractivity contribution in [1.82, 2.24) is 9.97 Å². The van der Waals surface area contributed by atoms with E-state index in [1.807, 2.05) is 0 Å². The first-order valence-corrected chi connectivity index (χ1v) is 9.74. The lowest BCUT2D eigenvalue weighted by Crippen LogP contribution is -2.25. The average molecular weight is 418 g/mol. The predicted molar refractivity (Wildman–Crippen MR) is 106 cm³/mol. The quantitative estimate of drug-likeness (QED) is 0.306. The zero-order chi connectivity index (χ0) is 21.7. The van der Waals surface area contributed by atoms with E-state index in [4.69, 9.17) is 0 Å². The fraction of sp³-hybridized carbons (Fsp3) is 0.304. The van der Waals surface area contributed by atoms with Gasteiger partial charge in [0, 0.05) is 18.0 Å². The van der Waals surface area contributed by atoms with Gasteiger partial charge in [-0.15, -0.1) is 0 Å². The van der Waals surface area contributed by atoms with Crippen molar-refractivity contribution in [1.29, 1.82) is 0 Å². The van der Waals surface area contributed by atoms with Crippen molar-refractivity contribution in [2.75, 3.05) is 0 Å². The second-order valence-corrected chi connectivity index (χ2v) is 7.12. The van der Waals surface area contributed by atoms with E-state index in [-0.39, 0.29) is 17.1 Å². The summed E-state index contributed by atoms with van der Waals surface area (Å²) in [5.74, 6) is -3.01. The zero-order valence-electron chi connectivity index (χ0n) is 16.8. The number of unbranched alkanes of at least 4 members (excludes halogenated alkanes) is 2. The van der Waals surface area contributed by atoms with Crippen LogP contribution in [-0.2, 0) is 12.5 Å². The summed E-state index contributed by atoms with van der Waals surface area (Å²) in [6.45, 7) is 3.88. The molecule has 30 heavy (non-hydrogen) atoms. The topological polar surface area (TPSA) is 35.0 Å². The van der Waals surface area contributed by atoms with Crippen LogP contribution < -0.4 is 4.74 Å². The number of aryl methyl sites for hydroxylation is 2. The van der Waals surface area contributed by atoms with Crippen LogP contribution in [0.15, 0.2) is 48.8 Å². The lowest BCUT2D eigenvalue weighted by molar-refractivity contribution is -0.189. The van der Waals surface area contributed by atoms with E-state index in [1.165, 1.54) is 12.1 Å². The Labute approximate surface area is 172 Å². The molecule has 158 valence electrons. The van der Waals surface area contributed by atoms with Crippen molar-refractivity contribution in [2.45, 2.75) is 45.6 Å². The van der Waals surface area contributed by atoms with Crippen LogP contribution in [0.2, 0.25) is 0 Å². The van der Waals surface area contributed by atoms with Crippen LogP contribution in [0.25, 0.3) is 11.4 Å². The van der Waals surface area contributed by atoms with E-state index in [1.54, 1.807) is 31.5 Å². The van der Waals surface area contributed by atoms with Crippen molar-refractivity contribution >= 4 is 0 Å². The van der Waals surface area contributed by atoms with E-state index < -0.39 is 23.3 Å². The highest BCUT2D eigenvalue weighted by Crippen LogP contribution is 2.36. The molecule has 0 aliphatic heterocycles. The lowest BCUT2D eigenvalue weighted by Gasteiger charge is -2.20. The van der Waals surface area contributed by atoms with Gasteiger partial charge < -0.3 is 4.74 Å². The molecular formula is C23H22F4N2O. The Hall–Kier alpha value is -2.96. The minimum Gasteiger partial charge on any atom is -0.429 e. The van der Waals surface area contributed by atoms with Gasteiger partial charge in [-0.3, -0.25) is 0 Å². The first-order valence-electron chi connectivity index (χ1n) is 9.74. The van der Waals surface area contributed by atoms with Gasteiger partial charge in [0.15, 0.2) is 5.82 Å². The minimum absolute atomic E-state index is 0.0278. The molecule has 1 aromatic heterocycles. The highest BCUT2D eigenvalue weighted by atomic mass is 19.3. The van der Waals surface area contributed by atoms with Crippen molar-refractivity contribution in [3.63, 3.8) is 0 Å². The molecule has 0 saturated carbocycles. The predicted octanol–water partition coefficient (Wildman–Crippen LogP) is 6.59. The monoisotopic (exact) mass is 418 g/mol. The largest absolute Gasteiger partial charge is 0.432 e. The summed E-state index contributed by atoms with van der Waals surface area (Å²) in [7, 11) is 0. The number of benzene rings is 2. The first-order chi connectivity index (χ1) is 14.3. The molecule has 0 aliphatic carbocycles. The Morgan fingerprint density at radius 2 is 1.53 bits per heavy atom. The van der Waals surface area contributed by atoms with Crippen molar-refractivity contribution in [3.8, 4) is 17.1 Å². The second-order valence-electron chi connectivity index (χ2n) is 7.12. The van der Waals surface area contributed by atoms with Gasteiger partial charge in [0.25, 0.3) is 0 Å². The SMILES string of the molecule is CCCCCc1cnc(-c2cc(F)c(C(F)(F)Oc3ccc(C)cc3)c(F)c2)nc1. The summed E-state index contributed by atoms with van der Waals surface area (Å²) in [5, 5.41) is 0. The van der Waals surface area contributed by atoms with Crippen LogP contribution >= 0.6 is 0 Å². The second kappa shape index (κ2) is 9.24. The van der Waals surface area contributed by atoms with E-state index in [0.717, 1.165) is 48.9 Å². The summed E-state index contributed by atoms with van der Waals surface area (Å²) in [6, 6.07) is 7.31. The number of ether oxygens (including phenoxy) is 1. The Balaban J connectivity index is 1.83. The minimum atomic E-state index is -4.19. The number of aromatic nitrogens is 2. The van der Waals surface area contributed by atoms with Gasteiger partial charge >= 0.3 is 6.11 Å². The molecule has 0 N–H and O–H groups in total. The molecule has 0 unspecified atom stereocenters. The molecular weight excluding hydrogens is 396 g/mol. The van der Waals surface area contributed by atoms with Crippen molar-refractivity contribution in [3.05, 3.63) is 77.1 Å². The maximum Gasteiger partial charge on any atom is 0.432 e. The standard InChI is InChI=1S/C23H22F4N2O/c1-3-4-5-6-16-13-28-22(29-14-16)17-11-19(24)21(20(25)12-17)23(26,27)30-18-9-7-15(2)8-10-18/h7-14H,3-6H2,1-2H3. The number of halogens is 4. The Morgan fingerprint density at radius 3 is 2.10 bits per heavy atom.